The maximum Gasteiger partial charge on any atom is 0.321 e. The molecule has 0 spiro atoms. The van der Waals surface area contributed by atoms with Crippen molar-refractivity contribution in [2.45, 2.75) is 0 Å². The summed E-state index contributed by atoms with van der Waals surface area (Å²) in [7, 11) is 0. The average Bonchev–Trinajstić information content (AvgIpc) is 3.28. The van der Waals surface area contributed by atoms with Gasteiger partial charge in [-0.15, -0.1) is 0 Å². The number of urea groups is 1. The van der Waals surface area contributed by atoms with E-state index in [-0.39, 0.29) is 23.2 Å². The summed E-state index contributed by atoms with van der Waals surface area (Å²) in [6, 6.07) is 21.6. The second-order valence-corrected chi connectivity index (χ2v) is 9.18. The highest BCUT2D eigenvalue weighted by Crippen LogP contribution is 2.31. The van der Waals surface area contributed by atoms with Gasteiger partial charge in [-0.05, 0) is 42.5 Å². The number of amides is 3. The van der Waals surface area contributed by atoms with Gasteiger partial charge in [0.05, 0.1) is 22.4 Å². The molecule has 10 nitrogen and oxygen atoms in total. The first-order chi connectivity index (χ1) is 18.5. The molecule has 6 rings (SSSR count). The molecule has 3 aromatic carbocycles. The van der Waals surface area contributed by atoms with Crippen LogP contribution in [0.3, 0.4) is 0 Å². The summed E-state index contributed by atoms with van der Waals surface area (Å²) in [6.07, 6.45) is 0. The molecule has 0 atom stereocenters. The lowest BCUT2D eigenvalue weighted by Gasteiger charge is -2.34. The zero-order valence-electron chi connectivity index (χ0n) is 20.4. The van der Waals surface area contributed by atoms with E-state index in [0.29, 0.717) is 65.1 Å². The summed E-state index contributed by atoms with van der Waals surface area (Å²) < 4.78 is 0. The van der Waals surface area contributed by atoms with Crippen LogP contribution >= 0.6 is 0 Å². The van der Waals surface area contributed by atoms with Crippen LogP contribution in [0.5, 0.6) is 0 Å². The van der Waals surface area contributed by atoms with E-state index in [2.05, 4.69) is 20.3 Å². The third kappa shape index (κ3) is 4.21. The van der Waals surface area contributed by atoms with Crippen molar-refractivity contribution in [3.63, 3.8) is 0 Å². The molecule has 1 saturated heterocycles. The Morgan fingerprint density at radius 3 is 2.34 bits per heavy atom. The van der Waals surface area contributed by atoms with E-state index in [4.69, 9.17) is 5.73 Å². The second kappa shape index (κ2) is 9.40. The van der Waals surface area contributed by atoms with E-state index >= 15 is 0 Å². The van der Waals surface area contributed by atoms with Crippen molar-refractivity contribution in [3.8, 4) is 11.4 Å². The molecule has 2 aromatic heterocycles. The van der Waals surface area contributed by atoms with Gasteiger partial charge in [0, 0.05) is 48.3 Å². The van der Waals surface area contributed by atoms with Crippen molar-refractivity contribution in [2.24, 2.45) is 0 Å². The van der Waals surface area contributed by atoms with Gasteiger partial charge in [0.2, 0.25) is 0 Å². The summed E-state index contributed by atoms with van der Waals surface area (Å²) in [5, 5.41) is 3.52. The molecule has 0 bridgehead atoms. The number of H-pyrrole nitrogens is 2. The van der Waals surface area contributed by atoms with E-state index in [0.717, 1.165) is 5.69 Å². The first-order valence-corrected chi connectivity index (χ1v) is 12.3. The molecule has 1 aliphatic heterocycles. The van der Waals surface area contributed by atoms with Gasteiger partial charge >= 0.3 is 6.03 Å². The van der Waals surface area contributed by atoms with Gasteiger partial charge in [-0.25, -0.2) is 9.78 Å². The molecular weight excluding hydrogens is 482 g/mol. The van der Waals surface area contributed by atoms with Crippen molar-refractivity contribution in [1.29, 1.82) is 0 Å². The fraction of sp³-hybridized carbons (Fsp3) is 0.143. The fourth-order valence-electron chi connectivity index (χ4n) is 4.75. The van der Waals surface area contributed by atoms with Crippen LogP contribution in [0.15, 0.2) is 77.6 Å². The number of hydrogen-bond acceptors (Lipinski definition) is 5. The third-order valence-electron chi connectivity index (χ3n) is 6.80. The summed E-state index contributed by atoms with van der Waals surface area (Å²) in [5.74, 6) is -0.140. The van der Waals surface area contributed by atoms with Gasteiger partial charge in [0.1, 0.15) is 0 Å². The summed E-state index contributed by atoms with van der Waals surface area (Å²) in [6.45, 7) is 1.70. The van der Waals surface area contributed by atoms with E-state index in [1.54, 1.807) is 34.1 Å². The number of nitrogen functional groups attached to an aromatic ring is 1. The van der Waals surface area contributed by atoms with Crippen molar-refractivity contribution in [1.82, 2.24) is 24.8 Å². The Bertz CT molecular complexity index is 1730. The van der Waals surface area contributed by atoms with Crippen LogP contribution < -0.4 is 16.6 Å². The Hall–Kier alpha value is -5.12. The highest BCUT2D eigenvalue weighted by Gasteiger charge is 2.26. The van der Waals surface area contributed by atoms with Gasteiger partial charge in [-0.2, -0.15) is 0 Å². The van der Waals surface area contributed by atoms with E-state index in [1.165, 1.54) is 0 Å². The van der Waals surface area contributed by atoms with Crippen LogP contribution in [0.2, 0.25) is 0 Å². The third-order valence-corrected chi connectivity index (χ3v) is 6.80. The molecule has 5 N–H and O–H groups in total. The average molecular weight is 508 g/mol. The number of para-hydroxylation sites is 3. The number of fused-ring (bicyclic) bond motifs is 2. The molecule has 0 saturated carbocycles. The molecule has 3 heterocycles. The topological polar surface area (TPSA) is 140 Å². The predicted octanol–water partition coefficient (Wildman–Crippen LogP) is 3.64. The molecular formula is C28H25N7O3. The second-order valence-electron chi connectivity index (χ2n) is 9.18. The SMILES string of the molecule is Nc1c(-c2nc3ccccc3[nH]c2=O)[nH]c2ccc(C(=O)N3CCN(C(=O)Nc4ccccc4)CC3)cc12. The number of aromatic nitrogens is 3. The molecule has 5 aromatic rings. The minimum Gasteiger partial charge on any atom is -0.396 e. The molecule has 38 heavy (non-hydrogen) atoms. The first-order valence-electron chi connectivity index (χ1n) is 12.3. The number of anilines is 2. The van der Waals surface area contributed by atoms with E-state index in [9.17, 15) is 14.4 Å². The molecule has 0 unspecified atom stereocenters. The van der Waals surface area contributed by atoms with Crippen LogP contribution in [0.1, 0.15) is 10.4 Å². The fourth-order valence-corrected chi connectivity index (χ4v) is 4.75. The Morgan fingerprint density at radius 1 is 0.842 bits per heavy atom. The Kier molecular flexibility index (Phi) is 5.76. The largest absolute Gasteiger partial charge is 0.396 e. The van der Waals surface area contributed by atoms with Gasteiger partial charge < -0.3 is 30.8 Å². The maximum atomic E-state index is 13.3. The molecule has 0 radical (unpaired) electrons. The molecule has 190 valence electrons. The quantitative estimate of drug-likeness (QED) is 0.295. The van der Waals surface area contributed by atoms with Gasteiger partial charge in [0.25, 0.3) is 11.5 Å². The zero-order valence-corrected chi connectivity index (χ0v) is 20.4. The lowest BCUT2D eigenvalue weighted by atomic mass is 10.1. The number of carbonyl (C=O) groups is 2. The van der Waals surface area contributed by atoms with Crippen LogP contribution in [-0.2, 0) is 0 Å². The smallest absolute Gasteiger partial charge is 0.321 e. The van der Waals surface area contributed by atoms with Crippen molar-refractivity contribution in [2.75, 3.05) is 37.2 Å². The molecule has 1 aliphatic rings. The highest BCUT2D eigenvalue weighted by atomic mass is 16.2. The number of benzene rings is 3. The summed E-state index contributed by atoms with van der Waals surface area (Å²) >= 11 is 0. The lowest BCUT2D eigenvalue weighted by molar-refractivity contribution is 0.0672. The van der Waals surface area contributed by atoms with E-state index < -0.39 is 0 Å². The zero-order chi connectivity index (χ0) is 26.2. The number of nitrogens with one attached hydrogen (secondary N) is 3. The standard InChI is InChI=1S/C28H25N7O3/c29-23-19-16-17(27(37)34-12-14-35(15-13-34)28(38)30-18-6-2-1-3-7-18)10-11-20(19)31-24(23)25-26(36)33-22-9-5-4-8-21(22)32-25/h1-11,16,31H,12-15,29H2,(H,30,38)(H,33,36). The van der Waals surface area contributed by atoms with Crippen molar-refractivity contribution in [3.05, 3.63) is 88.7 Å². The maximum absolute atomic E-state index is 13.3. The lowest BCUT2D eigenvalue weighted by Crippen LogP contribution is -2.51. The Labute approximate surface area is 217 Å². The Balaban J connectivity index is 1.20. The number of hydrogen-bond donors (Lipinski definition) is 4. The van der Waals surface area contributed by atoms with Gasteiger partial charge in [-0.1, -0.05) is 30.3 Å². The number of aromatic amines is 2. The minimum atomic E-state index is -0.354. The normalized spacial score (nSPS) is 13.7. The number of nitrogens with two attached hydrogens (primary N) is 1. The number of piperazine rings is 1. The van der Waals surface area contributed by atoms with Gasteiger partial charge in [-0.3, -0.25) is 9.59 Å². The van der Waals surface area contributed by atoms with Crippen LogP contribution in [-0.4, -0.2) is 62.9 Å². The number of nitrogens with zero attached hydrogens (tertiary/aromatic N) is 3. The number of rotatable bonds is 3. The van der Waals surface area contributed by atoms with Crippen LogP contribution in [0.4, 0.5) is 16.2 Å². The van der Waals surface area contributed by atoms with Crippen LogP contribution in [0, 0.1) is 0 Å². The minimum absolute atomic E-state index is 0.140. The monoisotopic (exact) mass is 507 g/mol. The molecule has 1 fully saturated rings. The predicted molar refractivity (Wildman–Crippen MR) is 147 cm³/mol. The summed E-state index contributed by atoms with van der Waals surface area (Å²) in [5.41, 5.74) is 10.2. The van der Waals surface area contributed by atoms with Gasteiger partial charge in [0.15, 0.2) is 5.69 Å². The van der Waals surface area contributed by atoms with Crippen molar-refractivity contribution >= 4 is 45.2 Å². The van der Waals surface area contributed by atoms with Crippen molar-refractivity contribution < 1.29 is 9.59 Å². The number of carbonyl (C=O) groups excluding carboxylic acids is 2. The first kappa shape index (κ1) is 23.3. The molecule has 10 heteroatoms. The van der Waals surface area contributed by atoms with E-state index in [1.807, 2.05) is 48.5 Å². The molecule has 3 amide bonds. The summed E-state index contributed by atoms with van der Waals surface area (Å²) in [4.78, 5) is 52.6. The Morgan fingerprint density at radius 2 is 1.55 bits per heavy atom. The van der Waals surface area contributed by atoms with Crippen LogP contribution in [0.25, 0.3) is 33.3 Å². The highest BCUT2D eigenvalue weighted by molar-refractivity contribution is 6.05. The molecule has 0 aliphatic carbocycles.